The SMILES string of the molecule is OC[C@H]1CNC[C@@H](O)[C@H](O)[C@H]1O. The minimum Gasteiger partial charge on any atom is -0.396 e. The molecule has 1 aliphatic heterocycles. The first kappa shape index (κ1) is 9.88. The molecule has 0 unspecified atom stereocenters. The largest absolute Gasteiger partial charge is 0.396 e. The molecule has 0 aromatic rings. The Bertz CT molecular complexity index is 141. The molecule has 12 heavy (non-hydrogen) atoms. The zero-order valence-electron chi connectivity index (χ0n) is 6.72. The summed E-state index contributed by atoms with van der Waals surface area (Å²) in [6.07, 6.45) is -3.19. The summed E-state index contributed by atoms with van der Waals surface area (Å²) >= 11 is 0. The third kappa shape index (κ3) is 1.94. The van der Waals surface area contributed by atoms with Gasteiger partial charge in [-0.05, 0) is 0 Å². The molecule has 0 aliphatic carbocycles. The molecule has 0 amide bonds. The Hall–Kier alpha value is -0.200. The van der Waals surface area contributed by atoms with E-state index in [9.17, 15) is 15.3 Å². The van der Waals surface area contributed by atoms with Crippen molar-refractivity contribution in [3.8, 4) is 0 Å². The second kappa shape index (κ2) is 4.15. The van der Waals surface area contributed by atoms with Gasteiger partial charge in [0, 0.05) is 25.6 Å². The van der Waals surface area contributed by atoms with Crippen LogP contribution in [0.25, 0.3) is 0 Å². The lowest BCUT2D eigenvalue weighted by atomic mass is 9.97. The molecule has 5 N–H and O–H groups in total. The van der Waals surface area contributed by atoms with Crippen molar-refractivity contribution in [3.05, 3.63) is 0 Å². The maximum Gasteiger partial charge on any atom is 0.107 e. The van der Waals surface area contributed by atoms with Crippen LogP contribution < -0.4 is 5.32 Å². The molecule has 4 atom stereocenters. The van der Waals surface area contributed by atoms with Gasteiger partial charge < -0.3 is 25.7 Å². The van der Waals surface area contributed by atoms with Crippen molar-refractivity contribution in [2.45, 2.75) is 18.3 Å². The Kier molecular flexibility index (Phi) is 3.42. The van der Waals surface area contributed by atoms with E-state index in [0.717, 1.165) is 0 Å². The maximum absolute atomic E-state index is 9.38. The van der Waals surface area contributed by atoms with E-state index in [1.807, 2.05) is 0 Å². The minimum absolute atomic E-state index is 0.196. The summed E-state index contributed by atoms with van der Waals surface area (Å²) < 4.78 is 0. The highest BCUT2D eigenvalue weighted by Crippen LogP contribution is 2.12. The fourth-order valence-corrected chi connectivity index (χ4v) is 1.34. The van der Waals surface area contributed by atoms with Crippen molar-refractivity contribution in [1.82, 2.24) is 5.32 Å². The summed E-state index contributed by atoms with van der Waals surface area (Å²) in [5, 5.41) is 39.5. The van der Waals surface area contributed by atoms with Gasteiger partial charge in [-0.2, -0.15) is 0 Å². The molecule has 1 heterocycles. The van der Waals surface area contributed by atoms with Crippen LogP contribution in [0, 0.1) is 5.92 Å². The Balaban J connectivity index is 2.59. The van der Waals surface area contributed by atoms with Crippen LogP contribution in [0.5, 0.6) is 0 Å². The smallest absolute Gasteiger partial charge is 0.107 e. The Labute approximate surface area is 70.6 Å². The standard InChI is InChI=1S/C7H15NO4/c9-3-4-1-8-2-5(10)7(12)6(4)11/h4-12H,1-3H2/t4-,5-,6+,7+/m1/s1. The average molecular weight is 177 g/mol. The molecule has 1 rings (SSSR count). The molecule has 0 spiro atoms. The van der Waals surface area contributed by atoms with Crippen LogP contribution >= 0.6 is 0 Å². The molecule has 0 aromatic heterocycles. The zero-order chi connectivity index (χ0) is 9.14. The number of β-amino-alcohol motifs (C(OH)–C–C–N with tert-alkyl or cyclic N) is 1. The van der Waals surface area contributed by atoms with E-state index in [1.54, 1.807) is 0 Å². The highest BCUT2D eigenvalue weighted by atomic mass is 16.4. The van der Waals surface area contributed by atoms with Crippen LogP contribution in [0.4, 0.5) is 0 Å². The fourth-order valence-electron chi connectivity index (χ4n) is 1.34. The summed E-state index contributed by atoms with van der Waals surface area (Å²) in [7, 11) is 0. The molecule has 0 bridgehead atoms. The predicted molar refractivity (Wildman–Crippen MR) is 41.5 cm³/mol. The van der Waals surface area contributed by atoms with Crippen LogP contribution in [0.15, 0.2) is 0 Å². The van der Waals surface area contributed by atoms with E-state index >= 15 is 0 Å². The van der Waals surface area contributed by atoms with Gasteiger partial charge in [0.1, 0.15) is 6.10 Å². The van der Waals surface area contributed by atoms with Gasteiger partial charge in [0.15, 0.2) is 0 Å². The number of rotatable bonds is 1. The molecule has 5 nitrogen and oxygen atoms in total. The zero-order valence-corrected chi connectivity index (χ0v) is 6.72. The van der Waals surface area contributed by atoms with Crippen LogP contribution in [0.3, 0.4) is 0 Å². The predicted octanol–water partition coefficient (Wildman–Crippen LogP) is -2.72. The fraction of sp³-hybridized carbons (Fsp3) is 1.00. The molecule has 5 heteroatoms. The molecule has 72 valence electrons. The second-order valence-corrected chi connectivity index (χ2v) is 3.15. The van der Waals surface area contributed by atoms with Gasteiger partial charge in [0.2, 0.25) is 0 Å². The summed E-state index contributed by atoms with van der Waals surface area (Å²) in [6.45, 7) is 0.457. The first-order valence-corrected chi connectivity index (χ1v) is 4.02. The van der Waals surface area contributed by atoms with Gasteiger partial charge in [-0.15, -0.1) is 0 Å². The third-order valence-electron chi connectivity index (χ3n) is 2.22. The van der Waals surface area contributed by atoms with E-state index in [2.05, 4.69) is 5.32 Å². The lowest BCUT2D eigenvalue weighted by molar-refractivity contribution is -0.0743. The summed E-state index contributed by atoms with van der Waals surface area (Å²) in [5.74, 6) is -0.405. The lowest BCUT2D eigenvalue weighted by Crippen LogP contribution is -2.42. The highest BCUT2D eigenvalue weighted by molar-refractivity contribution is 4.86. The first-order valence-electron chi connectivity index (χ1n) is 4.02. The molecule has 0 radical (unpaired) electrons. The normalized spacial score (nSPS) is 44.0. The molecule has 0 saturated carbocycles. The molecule has 1 aliphatic rings. The van der Waals surface area contributed by atoms with Crippen molar-refractivity contribution in [2.75, 3.05) is 19.7 Å². The summed E-state index contributed by atoms with van der Waals surface area (Å²) in [4.78, 5) is 0. The van der Waals surface area contributed by atoms with E-state index < -0.39 is 24.2 Å². The molecule has 1 fully saturated rings. The minimum atomic E-state index is -1.17. The topological polar surface area (TPSA) is 93.0 Å². The lowest BCUT2D eigenvalue weighted by Gasteiger charge is -2.23. The van der Waals surface area contributed by atoms with Crippen LogP contribution in [0.1, 0.15) is 0 Å². The molecule has 1 saturated heterocycles. The summed E-state index contributed by atoms with van der Waals surface area (Å²) in [6, 6.07) is 0. The third-order valence-corrected chi connectivity index (χ3v) is 2.22. The maximum atomic E-state index is 9.38. The van der Waals surface area contributed by atoms with Gasteiger partial charge >= 0.3 is 0 Å². The van der Waals surface area contributed by atoms with Gasteiger partial charge in [-0.25, -0.2) is 0 Å². The van der Waals surface area contributed by atoms with Gasteiger partial charge in [-0.3, -0.25) is 0 Å². The number of aliphatic hydroxyl groups excluding tert-OH is 4. The number of aliphatic hydroxyl groups is 4. The monoisotopic (exact) mass is 177 g/mol. The molecular formula is C7H15NO4. The van der Waals surface area contributed by atoms with E-state index in [4.69, 9.17) is 5.11 Å². The van der Waals surface area contributed by atoms with Crippen molar-refractivity contribution in [3.63, 3.8) is 0 Å². The molecular weight excluding hydrogens is 162 g/mol. The van der Waals surface area contributed by atoms with Crippen molar-refractivity contribution in [1.29, 1.82) is 0 Å². The van der Waals surface area contributed by atoms with Crippen molar-refractivity contribution < 1.29 is 20.4 Å². The highest BCUT2D eigenvalue weighted by Gasteiger charge is 2.33. The first-order chi connectivity index (χ1) is 5.66. The summed E-state index contributed by atoms with van der Waals surface area (Å²) in [5.41, 5.74) is 0. The number of hydrogen-bond acceptors (Lipinski definition) is 5. The second-order valence-electron chi connectivity index (χ2n) is 3.15. The quantitative estimate of drug-likeness (QED) is 0.300. The van der Waals surface area contributed by atoms with Crippen LogP contribution in [-0.4, -0.2) is 58.4 Å². The number of hydrogen-bond donors (Lipinski definition) is 5. The van der Waals surface area contributed by atoms with E-state index in [1.165, 1.54) is 0 Å². The van der Waals surface area contributed by atoms with Crippen LogP contribution in [0.2, 0.25) is 0 Å². The van der Waals surface area contributed by atoms with Gasteiger partial charge in [0.25, 0.3) is 0 Å². The van der Waals surface area contributed by atoms with Crippen molar-refractivity contribution >= 4 is 0 Å². The Morgan fingerprint density at radius 1 is 1.08 bits per heavy atom. The van der Waals surface area contributed by atoms with Gasteiger partial charge in [0.05, 0.1) is 12.2 Å². The average Bonchev–Trinajstić information content (AvgIpc) is 2.19. The molecule has 0 aromatic carbocycles. The van der Waals surface area contributed by atoms with E-state index in [0.29, 0.717) is 6.54 Å². The Morgan fingerprint density at radius 2 is 1.75 bits per heavy atom. The Morgan fingerprint density at radius 3 is 2.33 bits per heavy atom. The van der Waals surface area contributed by atoms with E-state index in [-0.39, 0.29) is 13.2 Å². The van der Waals surface area contributed by atoms with Crippen LogP contribution in [-0.2, 0) is 0 Å². The van der Waals surface area contributed by atoms with Gasteiger partial charge in [-0.1, -0.05) is 0 Å². The number of nitrogens with one attached hydrogen (secondary N) is 1. The van der Waals surface area contributed by atoms with Crippen molar-refractivity contribution in [2.24, 2.45) is 5.92 Å².